The van der Waals surface area contributed by atoms with Crippen molar-refractivity contribution in [2.24, 2.45) is 5.92 Å². The average Bonchev–Trinajstić information content (AvgIpc) is 3.14. The number of carbonyl (C=O) groups is 1. The number of halogens is 3. The van der Waals surface area contributed by atoms with E-state index in [-0.39, 0.29) is 5.91 Å². The van der Waals surface area contributed by atoms with Crippen molar-refractivity contribution >= 4 is 5.91 Å². The zero-order chi connectivity index (χ0) is 18.6. The van der Waals surface area contributed by atoms with Gasteiger partial charge in [0, 0.05) is 37.1 Å². The summed E-state index contributed by atoms with van der Waals surface area (Å²) in [6.07, 6.45) is -1.74. The smallest absolute Gasteiger partial charge is 0.381 e. The van der Waals surface area contributed by atoms with Gasteiger partial charge in [0.2, 0.25) is 0 Å². The van der Waals surface area contributed by atoms with E-state index in [1.165, 1.54) is 6.07 Å². The quantitative estimate of drug-likeness (QED) is 0.875. The van der Waals surface area contributed by atoms with Gasteiger partial charge in [-0.1, -0.05) is 12.1 Å². The molecule has 7 heteroatoms. The predicted octanol–water partition coefficient (Wildman–Crippen LogP) is 3.92. The molecule has 138 valence electrons. The predicted molar refractivity (Wildman–Crippen MR) is 90.6 cm³/mol. The normalized spacial score (nSPS) is 17.3. The Bertz CT molecular complexity index is 754. The third kappa shape index (κ3) is 4.60. The summed E-state index contributed by atoms with van der Waals surface area (Å²) in [6, 6.07) is 8.99. The molecule has 1 aliphatic heterocycles. The molecule has 4 nitrogen and oxygen atoms in total. The summed E-state index contributed by atoms with van der Waals surface area (Å²) in [4.78, 5) is 16.1. The van der Waals surface area contributed by atoms with Gasteiger partial charge in [-0.15, -0.1) is 0 Å². The van der Waals surface area contributed by atoms with Crippen LogP contribution in [0.3, 0.4) is 0 Å². The summed E-state index contributed by atoms with van der Waals surface area (Å²) < 4.78 is 43.2. The number of pyridine rings is 1. The minimum absolute atomic E-state index is 0.210. The standard InChI is InChI=1S/C19H19F3N2O2/c20-19(21,22)16-4-5-17(24-11-16)14-2-1-3-15(10-14)18(25)23-8-6-13-7-9-26-12-13/h1-5,10-11,13H,6-9,12H2,(H,23,25)/t13-/m1/s1. The van der Waals surface area contributed by atoms with E-state index in [2.05, 4.69) is 10.3 Å². The van der Waals surface area contributed by atoms with Crippen LogP contribution in [0.15, 0.2) is 42.6 Å². The number of alkyl halides is 3. The van der Waals surface area contributed by atoms with E-state index in [4.69, 9.17) is 4.74 Å². The molecule has 1 N–H and O–H groups in total. The number of rotatable bonds is 5. The fraction of sp³-hybridized carbons (Fsp3) is 0.368. The van der Waals surface area contributed by atoms with Crippen LogP contribution in [-0.4, -0.2) is 30.6 Å². The van der Waals surface area contributed by atoms with Gasteiger partial charge in [0.15, 0.2) is 0 Å². The maximum absolute atomic E-state index is 12.6. The fourth-order valence-corrected chi connectivity index (χ4v) is 2.85. The van der Waals surface area contributed by atoms with Gasteiger partial charge in [-0.2, -0.15) is 13.2 Å². The molecule has 1 saturated heterocycles. The molecule has 26 heavy (non-hydrogen) atoms. The van der Waals surface area contributed by atoms with Crippen molar-refractivity contribution in [2.75, 3.05) is 19.8 Å². The molecule has 2 aromatic rings. The summed E-state index contributed by atoms with van der Waals surface area (Å²) in [6.45, 7) is 2.08. The number of amides is 1. The molecule has 0 radical (unpaired) electrons. The molecule has 0 aliphatic carbocycles. The number of carbonyl (C=O) groups excluding carboxylic acids is 1. The van der Waals surface area contributed by atoms with Crippen LogP contribution in [0.2, 0.25) is 0 Å². The Kier molecular flexibility index (Phi) is 5.56. The molecule has 1 fully saturated rings. The van der Waals surface area contributed by atoms with Crippen LogP contribution in [0.4, 0.5) is 13.2 Å². The van der Waals surface area contributed by atoms with Gasteiger partial charge < -0.3 is 10.1 Å². The van der Waals surface area contributed by atoms with Crippen molar-refractivity contribution in [2.45, 2.75) is 19.0 Å². The van der Waals surface area contributed by atoms with Crippen LogP contribution >= 0.6 is 0 Å². The lowest BCUT2D eigenvalue weighted by atomic mass is 10.0. The lowest BCUT2D eigenvalue weighted by Gasteiger charge is -2.10. The van der Waals surface area contributed by atoms with Crippen molar-refractivity contribution in [3.63, 3.8) is 0 Å². The highest BCUT2D eigenvalue weighted by molar-refractivity contribution is 5.95. The highest BCUT2D eigenvalue weighted by Crippen LogP contribution is 2.29. The number of hydrogen-bond donors (Lipinski definition) is 1. The Morgan fingerprint density at radius 3 is 2.77 bits per heavy atom. The number of aromatic nitrogens is 1. The Morgan fingerprint density at radius 2 is 2.12 bits per heavy atom. The minimum Gasteiger partial charge on any atom is -0.381 e. The van der Waals surface area contributed by atoms with Crippen LogP contribution < -0.4 is 5.32 Å². The number of nitrogens with zero attached hydrogens (tertiary/aromatic N) is 1. The Morgan fingerprint density at radius 1 is 1.27 bits per heavy atom. The maximum Gasteiger partial charge on any atom is 0.417 e. The lowest BCUT2D eigenvalue weighted by Crippen LogP contribution is -2.26. The van der Waals surface area contributed by atoms with Gasteiger partial charge in [-0.05, 0) is 43.0 Å². The van der Waals surface area contributed by atoms with E-state index in [1.54, 1.807) is 24.3 Å². The van der Waals surface area contributed by atoms with Crippen LogP contribution in [0.25, 0.3) is 11.3 Å². The topological polar surface area (TPSA) is 51.2 Å². The van der Waals surface area contributed by atoms with E-state index >= 15 is 0 Å². The van der Waals surface area contributed by atoms with E-state index in [0.29, 0.717) is 29.3 Å². The van der Waals surface area contributed by atoms with Gasteiger partial charge in [-0.25, -0.2) is 0 Å². The summed E-state index contributed by atoms with van der Waals surface area (Å²) in [5.74, 6) is 0.274. The summed E-state index contributed by atoms with van der Waals surface area (Å²) in [5.41, 5.74) is 0.629. The first kappa shape index (κ1) is 18.4. The van der Waals surface area contributed by atoms with Gasteiger partial charge >= 0.3 is 6.18 Å². The second-order valence-corrected chi connectivity index (χ2v) is 6.28. The molecule has 1 aromatic carbocycles. The Labute approximate surface area is 149 Å². The van der Waals surface area contributed by atoms with Crippen LogP contribution in [0, 0.1) is 5.92 Å². The number of nitrogens with one attached hydrogen (secondary N) is 1. The molecule has 0 saturated carbocycles. The average molecular weight is 364 g/mol. The molecule has 1 amide bonds. The third-order valence-corrected chi connectivity index (χ3v) is 4.37. The zero-order valence-electron chi connectivity index (χ0n) is 14.1. The number of benzene rings is 1. The van der Waals surface area contributed by atoms with E-state index in [1.807, 2.05) is 0 Å². The summed E-state index contributed by atoms with van der Waals surface area (Å²) >= 11 is 0. The Hall–Kier alpha value is -2.41. The van der Waals surface area contributed by atoms with Crippen LogP contribution in [0.1, 0.15) is 28.8 Å². The molecule has 2 heterocycles. The van der Waals surface area contributed by atoms with E-state index < -0.39 is 11.7 Å². The first-order valence-electron chi connectivity index (χ1n) is 8.43. The first-order chi connectivity index (χ1) is 12.4. The molecule has 3 rings (SSSR count). The number of ether oxygens (including phenoxy) is 1. The largest absolute Gasteiger partial charge is 0.417 e. The minimum atomic E-state index is -4.42. The molecular weight excluding hydrogens is 345 g/mol. The lowest BCUT2D eigenvalue weighted by molar-refractivity contribution is -0.137. The zero-order valence-corrected chi connectivity index (χ0v) is 14.1. The molecule has 1 atom stereocenters. The van der Waals surface area contributed by atoms with Crippen molar-refractivity contribution in [1.29, 1.82) is 0 Å². The second kappa shape index (κ2) is 7.86. The second-order valence-electron chi connectivity index (χ2n) is 6.28. The monoisotopic (exact) mass is 364 g/mol. The Balaban J connectivity index is 1.64. The summed E-state index contributed by atoms with van der Waals surface area (Å²) in [7, 11) is 0. The molecule has 0 unspecified atom stereocenters. The number of hydrogen-bond acceptors (Lipinski definition) is 3. The van der Waals surface area contributed by atoms with E-state index in [0.717, 1.165) is 38.3 Å². The van der Waals surface area contributed by atoms with Crippen LogP contribution in [-0.2, 0) is 10.9 Å². The van der Waals surface area contributed by atoms with Crippen molar-refractivity contribution in [1.82, 2.24) is 10.3 Å². The van der Waals surface area contributed by atoms with Crippen molar-refractivity contribution in [3.8, 4) is 11.3 Å². The molecule has 1 aliphatic rings. The molecular formula is C19H19F3N2O2. The molecule has 1 aromatic heterocycles. The van der Waals surface area contributed by atoms with Gasteiger partial charge in [0.1, 0.15) is 0 Å². The van der Waals surface area contributed by atoms with Gasteiger partial charge in [-0.3, -0.25) is 9.78 Å². The molecule has 0 bridgehead atoms. The first-order valence-corrected chi connectivity index (χ1v) is 8.43. The SMILES string of the molecule is O=C(NCC[C@@H]1CCOC1)c1cccc(-c2ccc(C(F)(F)F)cn2)c1. The van der Waals surface area contributed by atoms with Crippen LogP contribution in [0.5, 0.6) is 0 Å². The van der Waals surface area contributed by atoms with Gasteiger partial charge in [0.05, 0.1) is 11.3 Å². The van der Waals surface area contributed by atoms with Crippen molar-refractivity contribution < 1.29 is 22.7 Å². The fourth-order valence-electron chi connectivity index (χ4n) is 2.85. The third-order valence-electron chi connectivity index (χ3n) is 4.37. The van der Waals surface area contributed by atoms with E-state index in [9.17, 15) is 18.0 Å². The highest BCUT2D eigenvalue weighted by atomic mass is 19.4. The molecule has 0 spiro atoms. The van der Waals surface area contributed by atoms with Gasteiger partial charge in [0.25, 0.3) is 5.91 Å². The maximum atomic E-state index is 12.6. The van der Waals surface area contributed by atoms with Crippen molar-refractivity contribution in [3.05, 3.63) is 53.7 Å². The highest BCUT2D eigenvalue weighted by Gasteiger charge is 2.30. The summed E-state index contributed by atoms with van der Waals surface area (Å²) in [5, 5.41) is 2.87.